The molecule has 2 aromatic rings. The van der Waals surface area contributed by atoms with E-state index < -0.39 is 11.6 Å². The van der Waals surface area contributed by atoms with E-state index in [-0.39, 0.29) is 18.2 Å². The van der Waals surface area contributed by atoms with Gasteiger partial charge in [-0.15, -0.1) is 0 Å². The van der Waals surface area contributed by atoms with Gasteiger partial charge in [0.1, 0.15) is 11.6 Å². The number of nitrogens with one attached hydrogen (secondary N) is 1. The van der Waals surface area contributed by atoms with E-state index in [1.165, 1.54) is 18.2 Å². The highest BCUT2D eigenvalue weighted by Gasteiger charge is 2.11. The average Bonchev–Trinajstić information content (AvgIpc) is 2.41. The van der Waals surface area contributed by atoms with E-state index in [0.29, 0.717) is 10.0 Å². The number of hydrogen-bond acceptors (Lipinski definition) is 1. The van der Waals surface area contributed by atoms with Gasteiger partial charge in [0.15, 0.2) is 0 Å². The van der Waals surface area contributed by atoms with Gasteiger partial charge in [0.2, 0.25) is 0 Å². The summed E-state index contributed by atoms with van der Waals surface area (Å²) >= 11 is 11.8. The number of hydrogen-bond donors (Lipinski definition) is 1. The van der Waals surface area contributed by atoms with Crippen LogP contribution in [0.5, 0.6) is 0 Å². The summed E-state index contributed by atoms with van der Waals surface area (Å²) in [4.78, 5) is 0. The zero-order valence-electron chi connectivity index (χ0n) is 10.8. The van der Waals surface area contributed by atoms with E-state index in [9.17, 15) is 8.78 Å². The highest BCUT2D eigenvalue weighted by Crippen LogP contribution is 2.25. The molecule has 0 spiro atoms. The van der Waals surface area contributed by atoms with Crippen molar-refractivity contribution in [2.45, 2.75) is 19.5 Å². The molecule has 1 unspecified atom stereocenters. The van der Waals surface area contributed by atoms with E-state index >= 15 is 0 Å². The second kappa shape index (κ2) is 6.53. The van der Waals surface area contributed by atoms with Crippen LogP contribution in [0.3, 0.4) is 0 Å². The lowest BCUT2D eigenvalue weighted by Crippen LogP contribution is -2.19. The van der Waals surface area contributed by atoms with Crippen molar-refractivity contribution in [3.63, 3.8) is 0 Å². The maximum Gasteiger partial charge on any atom is 0.130 e. The Morgan fingerprint density at radius 1 is 1.05 bits per heavy atom. The van der Waals surface area contributed by atoms with Crippen LogP contribution in [0.4, 0.5) is 8.78 Å². The van der Waals surface area contributed by atoms with Crippen LogP contribution >= 0.6 is 23.2 Å². The topological polar surface area (TPSA) is 12.0 Å². The first-order valence-corrected chi connectivity index (χ1v) is 6.86. The van der Waals surface area contributed by atoms with Crippen molar-refractivity contribution in [3.05, 3.63) is 69.2 Å². The maximum atomic E-state index is 13.5. The molecule has 0 fully saturated rings. The van der Waals surface area contributed by atoms with Gasteiger partial charge in [0.25, 0.3) is 0 Å². The molecule has 0 aliphatic carbocycles. The number of halogens is 4. The van der Waals surface area contributed by atoms with Gasteiger partial charge in [-0.05, 0) is 36.8 Å². The quantitative estimate of drug-likeness (QED) is 0.825. The van der Waals surface area contributed by atoms with Gasteiger partial charge in [-0.3, -0.25) is 0 Å². The Morgan fingerprint density at radius 3 is 2.30 bits per heavy atom. The lowest BCUT2D eigenvalue weighted by atomic mass is 10.1. The first-order valence-electron chi connectivity index (χ1n) is 6.10. The second-order valence-electron chi connectivity index (χ2n) is 4.48. The maximum absolute atomic E-state index is 13.5. The first-order chi connectivity index (χ1) is 9.49. The lowest BCUT2D eigenvalue weighted by Gasteiger charge is -2.15. The summed E-state index contributed by atoms with van der Waals surface area (Å²) in [6, 6.07) is 8.97. The van der Waals surface area contributed by atoms with Crippen LogP contribution in [0.1, 0.15) is 24.1 Å². The minimum absolute atomic E-state index is 0.0272. The van der Waals surface area contributed by atoms with Gasteiger partial charge in [0.05, 0.1) is 10.0 Å². The fourth-order valence-corrected chi connectivity index (χ4v) is 2.16. The van der Waals surface area contributed by atoms with Crippen molar-refractivity contribution < 1.29 is 8.78 Å². The molecule has 0 aliphatic heterocycles. The Kier molecular flexibility index (Phi) is 4.97. The molecule has 0 bridgehead atoms. The largest absolute Gasteiger partial charge is 0.306 e. The molecule has 5 heteroatoms. The highest BCUT2D eigenvalue weighted by molar-refractivity contribution is 6.42. The number of benzene rings is 2. The minimum Gasteiger partial charge on any atom is -0.306 e. The van der Waals surface area contributed by atoms with Crippen LogP contribution in [-0.4, -0.2) is 0 Å². The van der Waals surface area contributed by atoms with Crippen LogP contribution in [0, 0.1) is 11.6 Å². The van der Waals surface area contributed by atoms with Crippen LogP contribution in [0.15, 0.2) is 36.4 Å². The Morgan fingerprint density at radius 2 is 1.70 bits per heavy atom. The standard InChI is InChI=1S/C15H13Cl2F2N/c1-9(10-5-6-12(16)13(17)7-10)20-8-11-14(18)3-2-4-15(11)19/h2-7,9,20H,8H2,1H3. The molecule has 0 saturated carbocycles. The zero-order valence-corrected chi connectivity index (χ0v) is 12.3. The van der Waals surface area contributed by atoms with Gasteiger partial charge in [-0.1, -0.05) is 35.3 Å². The molecule has 0 saturated heterocycles. The third-order valence-electron chi connectivity index (χ3n) is 3.09. The molecule has 106 valence electrons. The zero-order chi connectivity index (χ0) is 14.7. The highest BCUT2D eigenvalue weighted by atomic mass is 35.5. The van der Waals surface area contributed by atoms with E-state index in [0.717, 1.165) is 5.56 Å². The van der Waals surface area contributed by atoms with E-state index in [1.54, 1.807) is 12.1 Å². The molecule has 1 atom stereocenters. The molecule has 1 nitrogen and oxygen atoms in total. The summed E-state index contributed by atoms with van der Waals surface area (Å²) in [5.41, 5.74) is 0.926. The Balaban J connectivity index is 2.08. The SMILES string of the molecule is CC(NCc1c(F)cccc1F)c1ccc(Cl)c(Cl)c1. The number of rotatable bonds is 4. The molecular weight excluding hydrogens is 303 g/mol. The Labute approximate surface area is 126 Å². The van der Waals surface area contributed by atoms with Gasteiger partial charge in [-0.2, -0.15) is 0 Å². The van der Waals surface area contributed by atoms with Gasteiger partial charge in [0, 0.05) is 18.2 Å². The molecule has 0 amide bonds. The third-order valence-corrected chi connectivity index (χ3v) is 3.83. The van der Waals surface area contributed by atoms with E-state index in [2.05, 4.69) is 5.32 Å². The molecule has 1 N–H and O–H groups in total. The minimum atomic E-state index is -0.557. The molecule has 2 aromatic carbocycles. The normalized spacial score (nSPS) is 12.4. The molecule has 2 rings (SSSR count). The predicted molar refractivity (Wildman–Crippen MR) is 78.1 cm³/mol. The Hall–Kier alpha value is -1.16. The summed E-state index contributed by atoms with van der Waals surface area (Å²) in [7, 11) is 0. The van der Waals surface area contributed by atoms with Crippen molar-refractivity contribution in [1.29, 1.82) is 0 Å². The molecule has 20 heavy (non-hydrogen) atoms. The summed E-state index contributed by atoms with van der Waals surface area (Å²) in [6.45, 7) is 1.98. The molecule has 0 aromatic heterocycles. The van der Waals surface area contributed by atoms with Crippen LogP contribution < -0.4 is 5.32 Å². The van der Waals surface area contributed by atoms with Crippen molar-refractivity contribution in [2.75, 3.05) is 0 Å². The van der Waals surface area contributed by atoms with Gasteiger partial charge in [-0.25, -0.2) is 8.78 Å². The van der Waals surface area contributed by atoms with Crippen molar-refractivity contribution in [1.82, 2.24) is 5.32 Å². The summed E-state index contributed by atoms with van der Waals surface area (Å²) in [5, 5.41) is 3.99. The second-order valence-corrected chi connectivity index (χ2v) is 5.29. The van der Waals surface area contributed by atoms with Crippen LogP contribution in [0.25, 0.3) is 0 Å². The monoisotopic (exact) mass is 315 g/mol. The van der Waals surface area contributed by atoms with Crippen molar-refractivity contribution >= 4 is 23.2 Å². The molecular formula is C15H13Cl2F2N. The summed E-state index contributed by atoms with van der Waals surface area (Å²) in [6.07, 6.45) is 0. The van der Waals surface area contributed by atoms with Crippen molar-refractivity contribution in [3.8, 4) is 0 Å². The smallest absolute Gasteiger partial charge is 0.130 e. The summed E-state index contributed by atoms with van der Waals surface area (Å²) in [5.74, 6) is -1.11. The summed E-state index contributed by atoms with van der Waals surface area (Å²) < 4.78 is 27.0. The van der Waals surface area contributed by atoms with E-state index in [4.69, 9.17) is 23.2 Å². The van der Waals surface area contributed by atoms with Crippen LogP contribution in [0.2, 0.25) is 10.0 Å². The fraction of sp³-hybridized carbons (Fsp3) is 0.200. The van der Waals surface area contributed by atoms with Crippen LogP contribution in [-0.2, 0) is 6.54 Å². The third kappa shape index (κ3) is 3.48. The fourth-order valence-electron chi connectivity index (χ4n) is 1.86. The first kappa shape index (κ1) is 15.2. The van der Waals surface area contributed by atoms with Crippen molar-refractivity contribution in [2.24, 2.45) is 0 Å². The molecule has 0 radical (unpaired) electrons. The predicted octanol–water partition coefficient (Wildman–Crippen LogP) is 5.12. The lowest BCUT2D eigenvalue weighted by molar-refractivity contribution is 0.509. The Bertz CT molecular complexity index is 597. The van der Waals surface area contributed by atoms with Gasteiger partial charge < -0.3 is 5.32 Å². The molecule has 0 heterocycles. The van der Waals surface area contributed by atoms with E-state index in [1.807, 2.05) is 13.0 Å². The van der Waals surface area contributed by atoms with Gasteiger partial charge >= 0.3 is 0 Å². The molecule has 0 aliphatic rings. The average molecular weight is 316 g/mol.